The minimum absolute atomic E-state index is 0.296. The summed E-state index contributed by atoms with van der Waals surface area (Å²) in [6.07, 6.45) is 4.56. The highest BCUT2D eigenvalue weighted by Gasteiger charge is 2.25. The molecule has 0 saturated carbocycles. The maximum absolute atomic E-state index is 13.4. The van der Waals surface area contributed by atoms with E-state index in [1.807, 2.05) is 24.5 Å². The van der Waals surface area contributed by atoms with E-state index in [9.17, 15) is 9.50 Å². The van der Waals surface area contributed by atoms with Crippen LogP contribution in [0.1, 0.15) is 49.5 Å². The van der Waals surface area contributed by atoms with Gasteiger partial charge in [0, 0.05) is 28.8 Å². The number of halogens is 1. The molecule has 1 saturated heterocycles. The highest BCUT2D eigenvalue weighted by molar-refractivity contribution is 7.98. The summed E-state index contributed by atoms with van der Waals surface area (Å²) in [5.74, 6) is 0.941. The molecule has 5 nitrogen and oxygen atoms in total. The number of aliphatic hydroxyl groups excluding tert-OH is 1. The molecule has 0 bridgehead atoms. The molecule has 3 aromatic rings. The van der Waals surface area contributed by atoms with Gasteiger partial charge in [0.25, 0.3) is 0 Å². The van der Waals surface area contributed by atoms with Crippen molar-refractivity contribution in [2.24, 2.45) is 0 Å². The minimum atomic E-state index is -0.473. The SMILES string of the molecule is CSc1cc(C(C)O)ccc1OCCCN1CCC(c2noc3cc(F)ccc23)CC1. The van der Waals surface area contributed by atoms with Crippen LogP contribution in [0.3, 0.4) is 0 Å². The fourth-order valence-electron chi connectivity index (χ4n) is 4.19. The smallest absolute Gasteiger partial charge is 0.170 e. The number of rotatable bonds is 8. The lowest BCUT2D eigenvalue weighted by Crippen LogP contribution is -2.34. The van der Waals surface area contributed by atoms with Gasteiger partial charge in [0.1, 0.15) is 11.6 Å². The van der Waals surface area contributed by atoms with E-state index in [-0.39, 0.29) is 5.82 Å². The van der Waals surface area contributed by atoms with Crippen LogP contribution in [-0.4, -0.2) is 47.7 Å². The Hall–Kier alpha value is -2.09. The maximum atomic E-state index is 13.4. The molecule has 7 heteroatoms. The van der Waals surface area contributed by atoms with Crippen LogP contribution in [0.15, 0.2) is 45.8 Å². The molecule has 166 valence electrons. The maximum Gasteiger partial charge on any atom is 0.170 e. The molecule has 1 aliphatic rings. The van der Waals surface area contributed by atoms with Gasteiger partial charge >= 0.3 is 0 Å². The Kier molecular flexibility index (Phi) is 7.15. The predicted octanol–water partition coefficient (Wildman–Crippen LogP) is 5.39. The van der Waals surface area contributed by atoms with Gasteiger partial charge in [-0.25, -0.2) is 4.39 Å². The number of benzene rings is 2. The monoisotopic (exact) mass is 444 g/mol. The van der Waals surface area contributed by atoms with Crippen molar-refractivity contribution < 1.29 is 18.8 Å². The molecule has 1 atom stereocenters. The molecule has 1 aromatic heterocycles. The van der Waals surface area contributed by atoms with Gasteiger partial charge in [-0.05, 0) is 75.4 Å². The van der Waals surface area contributed by atoms with Gasteiger partial charge in [0.15, 0.2) is 5.58 Å². The molecular weight excluding hydrogens is 415 g/mol. The van der Waals surface area contributed by atoms with Crippen molar-refractivity contribution in [3.05, 3.63) is 53.5 Å². The molecule has 2 heterocycles. The second kappa shape index (κ2) is 10.0. The Morgan fingerprint density at radius 2 is 2.06 bits per heavy atom. The Morgan fingerprint density at radius 3 is 2.81 bits per heavy atom. The molecular formula is C24H29FN2O3S. The quantitative estimate of drug-likeness (QED) is 0.371. The first kappa shape index (κ1) is 22.1. The lowest BCUT2D eigenvalue weighted by Gasteiger charge is -2.31. The summed E-state index contributed by atoms with van der Waals surface area (Å²) in [4.78, 5) is 3.52. The number of thioether (sulfide) groups is 1. The van der Waals surface area contributed by atoms with Crippen molar-refractivity contribution in [3.63, 3.8) is 0 Å². The van der Waals surface area contributed by atoms with Gasteiger partial charge in [-0.15, -0.1) is 11.8 Å². The van der Waals surface area contributed by atoms with Gasteiger partial charge in [-0.3, -0.25) is 0 Å². The van der Waals surface area contributed by atoms with E-state index >= 15 is 0 Å². The van der Waals surface area contributed by atoms with Crippen molar-refractivity contribution in [3.8, 4) is 5.75 Å². The molecule has 0 aliphatic carbocycles. The van der Waals surface area contributed by atoms with Gasteiger partial charge in [-0.2, -0.15) is 0 Å². The van der Waals surface area contributed by atoms with E-state index in [2.05, 4.69) is 10.1 Å². The third kappa shape index (κ3) is 5.22. The zero-order valence-corrected chi connectivity index (χ0v) is 18.8. The summed E-state index contributed by atoms with van der Waals surface area (Å²) in [6, 6.07) is 10.5. The number of aromatic nitrogens is 1. The summed E-state index contributed by atoms with van der Waals surface area (Å²) in [5, 5.41) is 14.9. The van der Waals surface area contributed by atoms with E-state index in [1.165, 1.54) is 12.1 Å². The Morgan fingerprint density at radius 1 is 1.26 bits per heavy atom. The van der Waals surface area contributed by atoms with Crippen LogP contribution in [0.5, 0.6) is 5.75 Å². The predicted molar refractivity (Wildman–Crippen MR) is 121 cm³/mol. The average molecular weight is 445 g/mol. The number of hydrogen-bond acceptors (Lipinski definition) is 6. The highest BCUT2D eigenvalue weighted by atomic mass is 32.2. The number of piperidine rings is 1. The third-order valence-electron chi connectivity index (χ3n) is 5.98. The van der Waals surface area contributed by atoms with Crippen molar-refractivity contribution in [1.82, 2.24) is 10.1 Å². The van der Waals surface area contributed by atoms with Gasteiger partial charge in [-0.1, -0.05) is 11.2 Å². The molecule has 0 amide bonds. The second-order valence-corrected chi connectivity index (χ2v) is 8.96. The molecule has 4 rings (SSSR count). The molecule has 0 radical (unpaired) electrons. The van der Waals surface area contributed by atoms with E-state index in [0.717, 1.165) is 66.2 Å². The van der Waals surface area contributed by atoms with E-state index in [0.29, 0.717) is 18.1 Å². The first-order chi connectivity index (χ1) is 15.0. The Balaban J connectivity index is 1.24. The van der Waals surface area contributed by atoms with Crippen LogP contribution >= 0.6 is 11.8 Å². The lowest BCUT2D eigenvalue weighted by atomic mass is 9.91. The molecule has 1 fully saturated rings. The van der Waals surface area contributed by atoms with Crippen molar-refractivity contribution in [2.45, 2.75) is 43.1 Å². The Bertz CT molecular complexity index is 1020. The van der Waals surface area contributed by atoms with Crippen LogP contribution in [0.25, 0.3) is 11.0 Å². The number of fused-ring (bicyclic) bond motifs is 1. The average Bonchev–Trinajstić information content (AvgIpc) is 3.20. The molecule has 2 aromatic carbocycles. The van der Waals surface area contributed by atoms with Crippen LogP contribution < -0.4 is 4.74 Å². The number of aliphatic hydroxyl groups is 1. The van der Waals surface area contributed by atoms with Gasteiger partial charge < -0.3 is 19.3 Å². The molecule has 0 spiro atoms. The summed E-state index contributed by atoms with van der Waals surface area (Å²) in [6.45, 7) is 5.46. The molecule has 1 N–H and O–H groups in total. The Labute approximate surface area is 186 Å². The zero-order valence-electron chi connectivity index (χ0n) is 18.0. The molecule has 31 heavy (non-hydrogen) atoms. The van der Waals surface area contributed by atoms with E-state index < -0.39 is 6.10 Å². The highest BCUT2D eigenvalue weighted by Crippen LogP contribution is 2.33. The first-order valence-corrected chi connectivity index (χ1v) is 12.0. The second-order valence-electron chi connectivity index (χ2n) is 8.11. The fraction of sp³-hybridized carbons (Fsp3) is 0.458. The minimum Gasteiger partial charge on any atom is -0.492 e. The number of likely N-dealkylation sites (tertiary alicyclic amines) is 1. The lowest BCUT2D eigenvalue weighted by molar-refractivity contribution is 0.189. The summed E-state index contributed by atoms with van der Waals surface area (Å²) >= 11 is 1.63. The topological polar surface area (TPSA) is 58.7 Å². The number of hydrogen-bond donors (Lipinski definition) is 1. The zero-order chi connectivity index (χ0) is 21.8. The van der Waals surface area contributed by atoms with Crippen molar-refractivity contribution >= 4 is 22.7 Å². The van der Waals surface area contributed by atoms with E-state index in [4.69, 9.17) is 9.26 Å². The summed E-state index contributed by atoms with van der Waals surface area (Å²) < 4.78 is 24.7. The van der Waals surface area contributed by atoms with Crippen LogP contribution in [-0.2, 0) is 0 Å². The first-order valence-electron chi connectivity index (χ1n) is 10.8. The third-order valence-corrected chi connectivity index (χ3v) is 6.74. The number of nitrogens with zero attached hydrogens (tertiary/aromatic N) is 2. The van der Waals surface area contributed by atoms with Crippen molar-refractivity contribution in [1.29, 1.82) is 0 Å². The van der Waals surface area contributed by atoms with Crippen LogP contribution in [0, 0.1) is 5.82 Å². The largest absolute Gasteiger partial charge is 0.492 e. The van der Waals surface area contributed by atoms with Crippen LogP contribution in [0.2, 0.25) is 0 Å². The van der Waals surface area contributed by atoms with Gasteiger partial charge in [0.2, 0.25) is 0 Å². The van der Waals surface area contributed by atoms with Crippen molar-refractivity contribution in [2.75, 3.05) is 32.5 Å². The fourth-order valence-corrected chi connectivity index (χ4v) is 4.77. The molecule has 1 aliphatic heterocycles. The van der Waals surface area contributed by atoms with Crippen LogP contribution in [0.4, 0.5) is 4.39 Å². The summed E-state index contributed by atoms with van der Waals surface area (Å²) in [5.41, 5.74) is 2.40. The number of ether oxygens (including phenoxy) is 1. The van der Waals surface area contributed by atoms with E-state index in [1.54, 1.807) is 24.8 Å². The van der Waals surface area contributed by atoms with Gasteiger partial charge in [0.05, 0.1) is 18.4 Å². The standard InChI is InChI=1S/C24H29FN2O3S/c1-16(28)18-4-7-21(23(14-18)31-2)29-13-3-10-27-11-8-17(9-12-27)24-20-6-5-19(25)15-22(20)30-26-24/h4-7,14-17,28H,3,8-13H2,1-2H3. The normalized spacial score (nSPS) is 16.6. The summed E-state index contributed by atoms with van der Waals surface area (Å²) in [7, 11) is 0. The molecule has 1 unspecified atom stereocenters.